The summed E-state index contributed by atoms with van der Waals surface area (Å²) in [5, 5.41) is 10.8. The maximum absolute atomic E-state index is 13.2. The SMILES string of the molecule is Cc1cc(C)n(-c2ccc(C(F)(F)F)cc2NC(=O)CCCc2nc(C(C)C)no2)n1. The normalized spacial score (nSPS) is 11.9. The van der Waals surface area contributed by atoms with E-state index in [-0.39, 0.29) is 18.0 Å². The first-order valence-corrected chi connectivity index (χ1v) is 9.92. The third kappa shape index (κ3) is 5.50. The minimum absolute atomic E-state index is 0.0471. The quantitative estimate of drug-likeness (QED) is 0.566. The molecule has 0 atom stereocenters. The Balaban J connectivity index is 1.74. The number of aryl methyl sites for hydroxylation is 3. The predicted octanol–water partition coefficient (Wildman–Crippen LogP) is 4.98. The van der Waals surface area contributed by atoms with Crippen LogP contribution in [0.3, 0.4) is 0 Å². The van der Waals surface area contributed by atoms with Gasteiger partial charge in [0.2, 0.25) is 11.8 Å². The van der Waals surface area contributed by atoms with Crippen LogP contribution in [0.25, 0.3) is 5.69 Å². The van der Waals surface area contributed by atoms with E-state index >= 15 is 0 Å². The van der Waals surface area contributed by atoms with Gasteiger partial charge in [-0.1, -0.05) is 19.0 Å². The van der Waals surface area contributed by atoms with E-state index in [9.17, 15) is 18.0 Å². The average Bonchev–Trinajstić information content (AvgIpc) is 3.27. The number of alkyl halides is 3. The Morgan fingerprint density at radius 2 is 1.97 bits per heavy atom. The summed E-state index contributed by atoms with van der Waals surface area (Å²) in [6.45, 7) is 7.46. The highest BCUT2D eigenvalue weighted by Gasteiger charge is 2.31. The first-order chi connectivity index (χ1) is 14.5. The number of carbonyl (C=O) groups excluding carboxylic acids is 1. The molecule has 1 amide bonds. The van der Waals surface area contributed by atoms with Crippen molar-refractivity contribution in [3.05, 3.63) is 52.9 Å². The van der Waals surface area contributed by atoms with E-state index in [1.165, 1.54) is 10.7 Å². The van der Waals surface area contributed by atoms with Gasteiger partial charge in [-0.3, -0.25) is 4.79 Å². The van der Waals surface area contributed by atoms with Gasteiger partial charge < -0.3 is 9.84 Å². The van der Waals surface area contributed by atoms with Gasteiger partial charge in [0, 0.05) is 24.5 Å². The van der Waals surface area contributed by atoms with Crippen LogP contribution in [-0.2, 0) is 17.4 Å². The van der Waals surface area contributed by atoms with Gasteiger partial charge in [0.15, 0.2) is 5.82 Å². The first kappa shape index (κ1) is 22.5. The van der Waals surface area contributed by atoms with Crippen LogP contribution >= 0.6 is 0 Å². The Kier molecular flexibility index (Phi) is 6.47. The fourth-order valence-corrected chi connectivity index (χ4v) is 3.09. The van der Waals surface area contributed by atoms with Crippen molar-refractivity contribution in [3.63, 3.8) is 0 Å². The molecule has 0 radical (unpaired) electrons. The van der Waals surface area contributed by atoms with Crippen LogP contribution in [0.2, 0.25) is 0 Å². The molecule has 1 N–H and O–H groups in total. The predicted molar refractivity (Wildman–Crippen MR) is 108 cm³/mol. The van der Waals surface area contributed by atoms with Gasteiger partial charge in [-0.2, -0.15) is 23.3 Å². The van der Waals surface area contributed by atoms with Gasteiger partial charge in [-0.05, 0) is 44.5 Å². The van der Waals surface area contributed by atoms with Gasteiger partial charge in [-0.15, -0.1) is 0 Å². The Labute approximate surface area is 177 Å². The number of hydrogen-bond acceptors (Lipinski definition) is 5. The number of nitrogens with one attached hydrogen (secondary N) is 1. The Morgan fingerprint density at radius 3 is 2.55 bits per heavy atom. The fraction of sp³-hybridized carbons (Fsp3) is 0.429. The smallest absolute Gasteiger partial charge is 0.339 e. The molecule has 166 valence electrons. The van der Waals surface area contributed by atoms with Gasteiger partial charge in [0.25, 0.3) is 0 Å². The third-order valence-corrected chi connectivity index (χ3v) is 4.63. The molecule has 0 aliphatic carbocycles. The molecule has 31 heavy (non-hydrogen) atoms. The van der Waals surface area contributed by atoms with Crippen molar-refractivity contribution < 1.29 is 22.5 Å². The second-order valence-electron chi connectivity index (χ2n) is 7.67. The number of carbonyl (C=O) groups is 1. The Hall–Kier alpha value is -3.17. The molecule has 0 unspecified atom stereocenters. The molecule has 7 nitrogen and oxygen atoms in total. The van der Waals surface area contributed by atoms with E-state index in [0.717, 1.165) is 23.5 Å². The van der Waals surface area contributed by atoms with Crippen molar-refractivity contribution in [1.29, 1.82) is 0 Å². The summed E-state index contributed by atoms with van der Waals surface area (Å²) in [5.74, 6) is 0.747. The third-order valence-electron chi connectivity index (χ3n) is 4.63. The van der Waals surface area contributed by atoms with Gasteiger partial charge in [0.05, 0.1) is 22.6 Å². The zero-order valence-corrected chi connectivity index (χ0v) is 17.7. The molecular weight excluding hydrogens is 411 g/mol. The Morgan fingerprint density at radius 1 is 1.23 bits per heavy atom. The lowest BCUT2D eigenvalue weighted by Gasteiger charge is -2.15. The second-order valence-corrected chi connectivity index (χ2v) is 7.67. The number of aromatic nitrogens is 4. The number of nitrogens with zero attached hydrogens (tertiary/aromatic N) is 4. The van der Waals surface area contributed by atoms with Crippen molar-refractivity contribution in [2.24, 2.45) is 0 Å². The maximum atomic E-state index is 13.2. The highest BCUT2D eigenvalue weighted by atomic mass is 19.4. The summed E-state index contributed by atoms with van der Waals surface area (Å²) in [5.41, 5.74) is 1.02. The van der Waals surface area contributed by atoms with E-state index in [2.05, 4.69) is 20.6 Å². The number of amides is 1. The lowest BCUT2D eigenvalue weighted by molar-refractivity contribution is -0.137. The van der Waals surface area contributed by atoms with E-state index in [4.69, 9.17) is 4.52 Å². The molecule has 0 spiro atoms. The van der Waals surface area contributed by atoms with Crippen LogP contribution in [0, 0.1) is 13.8 Å². The van der Waals surface area contributed by atoms with Gasteiger partial charge in [0.1, 0.15) is 0 Å². The largest absolute Gasteiger partial charge is 0.416 e. The zero-order chi connectivity index (χ0) is 22.8. The number of halogens is 3. The van der Waals surface area contributed by atoms with Crippen LogP contribution in [-0.4, -0.2) is 25.8 Å². The lowest BCUT2D eigenvalue weighted by Crippen LogP contribution is -2.16. The summed E-state index contributed by atoms with van der Waals surface area (Å²) in [6, 6.07) is 5.02. The summed E-state index contributed by atoms with van der Waals surface area (Å²) >= 11 is 0. The van der Waals surface area contributed by atoms with Crippen LogP contribution < -0.4 is 5.32 Å². The van der Waals surface area contributed by atoms with Gasteiger partial charge in [-0.25, -0.2) is 4.68 Å². The fourth-order valence-electron chi connectivity index (χ4n) is 3.09. The molecular formula is C21H24F3N5O2. The molecule has 0 aliphatic heterocycles. The topological polar surface area (TPSA) is 85.8 Å². The van der Waals surface area contributed by atoms with Crippen molar-refractivity contribution in [2.75, 3.05) is 5.32 Å². The molecule has 10 heteroatoms. The van der Waals surface area contributed by atoms with Crippen molar-refractivity contribution in [2.45, 2.75) is 59.1 Å². The summed E-state index contributed by atoms with van der Waals surface area (Å²) < 4.78 is 46.3. The summed E-state index contributed by atoms with van der Waals surface area (Å²) in [4.78, 5) is 16.7. The standard InChI is InChI=1S/C21H24F3N5O2/c1-12(2)20-26-19(31-28-20)7-5-6-18(30)25-16-11-15(21(22,23)24)8-9-17(16)29-14(4)10-13(3)27-29/h8-12H,5-7H2,1-4H3,(H,25,30). The molecule has 0 bridgehead atoms. The second kappa shape index (κ2) is 8.91. The molecule has 1 aromatic carbocycles. The minimum atomic E-state index is -4.53. The first-order valence-electron chi connectivity index (χ1n) is 9.92. The number of hydrogen-bond donors (Lipinski definition) is 1. The molecule has 3 aromatic rings. The average molecular weight is 435 g/mol. The number of anilines is 1. The molecule has 2 heterocycles. The van der Waals surface area contributed by atoms with E-state index in [0.29, 0.717) is 30.2 Å². The highest BCUT2D eigenvalue weighted by Crippen LogP contribution is 2.33. The van der Waals surface area contributed by atoms with Crippen molar-refractivity contribution in [1.82, 2.24) is 19.9 Å². The van der Waals surface area contributed by atoms with Crippen LogP contribution in [0.4, 0.5) is 18.9 Å². The van der Waals surface area contributed by atoms with Crippen LogP contribution in [0.15, 0.2) is 28.8 Å². The lowest BCUT2D eigenvalue weighted by atomic mass is 10.1. The maximum Gasteiger partial charge on any atom is 0.416 e. The summed E-state index contributed by atoms with van der Waals surface area (Å²) in [7, 11) is 0. The van der Waals surface area contributed by atoms with Gasteiger partial charge >= 0.3 is 6.18 Å². The molecule has 2 aromatic heterocycles. The number of benzene rings is 1. The van der Waals surface area contributed by atoms with E-state index in [1.807, 2.05) is 13.8 Å². The summed E-state index contributed by atoms with van der Waals surface area (Å²) in [6.07, 6.45) is -3.62. The van der Waals surface area contributed by atoms with E-state index in [1.54, 1.807) is 19.9 Å². The van der Waals surface area contributed by atoms with Crippen molar-refractivity contribution >= 4 is 11.6 Å². The Bertz CT molecular complexity index is 1070. The zero-order valence-electron chi connectivity index (χ0n) is 17.7. The number of rotatable bonds is 7. The molecule has 3 rings (SSSR count). The molecule has 0 saturated carbocycles. The molecule has 0 fully saturated rings. The minimum Gasteiger partial charge on any atom is -0.339 e. The highest BCUT2D eigenvalue weighted by molar-refractivity contribution is 5.93. The van der Waals surface area contributed by atoms with Crippen LogP contribution in [0.5, 0.6) is 0 Å². The van der Waals surface area contributed by atoms with Crippen LogP contribution in [0.1, 0.15) is 61.3 Å². The molecule has 0 saturated heterocycles. The van der Waals surface area contributed by atoms with Crippen molar-refractivity contribution in [3.8, 4) is 5.69 Å². The monoisotopic (exact) mass is 435 g/mol. The molecule has 0 aliphatic rings. The van der Waals surface area contributed by atoms with E-state index < -0.39 is 17.6 Å².